The zero-order valence-corrected chi connectivity index (χ0v) is 12.0. The van der Waals surface area contributed by atoms with Gasteiger partial charge < -0.3 is 10.5 Å². The highest BCUT2D eigenvalue weighted by Crippen LogP contribution is 2.38. The number of carbonyl (C=O) groups excluding carboxylic acids is 1. The molecule has 9 heteroatoms. The van der Waals surface area contributed by atoms with Crippen LogP contribution in [0.2, 0.25) is 0 Å². The number of amides is 1. The summed E-state index contributed by atoms with van der Waals surface area (Å²) in [6, 6.07) is 8.06. The third-order valence-corrected chi connectivity index (χ3v) is 3.11. The van der Waals surface area contributed by atoms with E-state index in [1.807, 2.05) is 0 Å². The molecule has 0 aromatic heterocycles. The summed E-state index contributed by atoms with van der Waals surface area (Å²) >= 11 is 0. The van der Waals surface area contributed by atoms with E-state index in [1.165, 1.54) is 24.3 Å². The van der Waals surface area contributed by atoms with Crippen molar-refractivity contribution in [3.63, 3.8) is 0 Å². The molecule has 0 bridgehead atoms. The average Bonchev–Trinajstić information content (AvgIpc) is 2.52. The van der Waals surface area contributed by atoms with Crippen molar-refractivity contribution < 1.29 is 27.6 Å². The molecule has 24 heavy (non-hydrogen) atoms. The molecule has 2 aromatic carbocycles. The Balaban J connectivity index is 2.22. The first-order valence-electron chi connectivity index (χ1n) is 6.55. The van der Waals surface area contributed by atoms with Gasteiger partial charge in [-0.25, -0.2) is 0 Å². The zero-order valence-electron chi connectivity index (χ0n) is 12.0. The van der Waals surface area contributed by atoms with Gasteiger partial charge in [-0.3, -0.25) is 14.9 Å². The quantitative estimate of drug-likeness (QED) is 0.667. The van der Waals surface area contributed by atoms with Crippen LogP contribution < -0.4 is 10.5 Å². The van der Waals surface area contributed by atoms with Crippen molar-refractivity contribution in [1.29, 1.82) is 0 Å². The molecular weight excluding hydrogens is 329 g/mol. The van der Waals surface area contributed by atoms with Gasteiger partial charge in [0.1, 0.15) is 17.9 Å². The number of non-ortho nitro benzene ring substituents is 1. The van der Waals surface area contributed by atoms with E-state index in [0.29, 0.717) is 11.6 Å². The van der Waals surface area contributed by atoms with Crippen LogP contribution in [0.5, 0.6) is 5.75 Å². The fraction of sp³-hybridized carbons (Fsp3) is 0.133. The molecule has 0 saturated heterocycles. The van der Waals surface area contributed by atoms with Gasteiger partial charge in [-0.1, -0.05) is 12.1 Å². The Labute approximate surface area is 133 Å². The Hall–Kier alpha value is -3.10. The van der Waals surface area contributed by atoms with Crippen molar-refractivity contribution in [2.24, 2.45) is 5.73 Å². The first-order chi connectivity index (χ1) is 11.2. The normalized spacial score (nSPS) is 11.1. The van der Waals surface area contributed by atoms with Crippen LogP contribution >= 0.6 is 0 Å². The summed E-state index contributed by atoms with van der Waals surface area (Å²) in [5.74, 6) is -1.15. The molecule has 1 amide bonds. The van der Waals surface area contributed by atoms with Gasteiger partial charge >= 0.3 is 6.18 Å². The molecule has 0 atom stereocenters. The number of nitrogens with zero attached hydrogens (tertiary/aromatic N) is 1. The minimum Gasteiger partial charge on any atom is -0.488 e. The van der Waals surface area contributed by atoms with E-state index >= 15 is 0 Å². The number of primary amides is 1. The molecule has 0 heterocycles. The fourth-order valence-electron chi connectivity index (χ4n) is 1.91. The van der Waals surface area contributed by atoms with Crippen LogP contribution in [0.15, 0.2) is 42.5 Å². The topological polar surface area (TPSA) is 95.5 Å². The van der Waals surface area contributed by atoms with Gasteiger partial charge in [0.2, 0.25) is 5.91 Å². The number of alkyl halides is 3. The number of ether oxygens (including phenoxy) is 1. The van der Waals surface area contributed by atoms with Gasteiger partial charge in [0.25, 0.3) is 5.69 Å². The molecule has 2 rings (SSSR count). The second-order valence-electron chi connectivity index (χ2n) is 4.79. The monoisotopic (exact) mass is 340 g/mol. The largest absolute Gasteiger partial charge is 0.488 e. The summed E-state index contributed by atoms with van der Waals surface area (Å²) in [6.07, 6.45) is -4.79. The van der Waals surface area contributed by atoms with Crippen molar-refractivity contribution in [2.45, 2.75) is 12.8 Å². The second-order valence-corrected chi connectivity index (χ2v) is 4.79. The van der Waals surface area contributed by atoms with Gasteiger partial charge in [-0.2, -0.15) is 13.2 Å². The number of carbonyl (C=O) groups is 1. The molecule has 0 spiro atoms. The van der Waals surface area contributed by atoms with Gasteiger partial charge in [-0.15, -0.1) is 0 Å². The van der Waals surface area contributed by atoms with E-state index in [2.05, 4.69) is 0 Å². The summed E-state index contributed by atoms with van der Waals surface area (Å²) in [5.41, 5.74) is 3.93. The lowest BCUT2D eigenvalue weighted by Gasteiger charge is -2.14. The number of halogens is 3. The number of hydrogen-bond acceptors (Lipinski definition) is 4. The standard InChI is InChI=1S/C15H11F3N2O4/c16-15(17,18)12-7-11(20(22)23)5-6-13(12)24-8-9-1-3-10(4-2-9)14(19)21/h1-7H,8H2,(H2,19,21). The molecule has 2 aromatic rings. The predicted molar refractivity (Wildman–Crippen MR) is 77.4 cm³/mol. The van der Waals surface area contributed by atoms with Crippen LogP contribution in [0.25, 0.3) is 0 Å². The molecule has 0 aliphatic carbocycles. The molecule has 0 fully saturated rings. The molecule has 126 valence electrons. The van der Waals surface area contributed by atoms with Crippen LogP contribution in [-0.4, -0.2) is 10.8 Å². The highest BCUT2D eigenvalue weighted by atomic mass is 19.4. The molecule has 6 nitrogen and oxygen atoms in total. The molecule has 0 radical (unpaired) electrons. The fourth-order valence-corrected chi connectivity index (χ4v) is 1.91. The van der Waals surface area contributed by atoms with E-state index < -0.39 is 34.0 Å². The third kappa shape index (κ3) is 4.00. The van der Waals surface area contributed by atoms with Crippen LogP contribution in [0.3, 0.4) is 0 Å². The highest BCUT2D eigenvalue weighted by molar-refractivity contribution is 5.92. The first kappa shape index (κ1) is 17.3. The van der Waals surface area contributed by atoms with Crippen molar-refractivity contribution >= 4 is 11.6 Å². The van der Waals surface area contributed by atoms with Gasteiger partial charge in [0.15, 0.2) is 0 Å². The van der Waals surface area contributed by atoms with Gasteiger partial charge in [0, 0.05) is 17.7 Å². The summed E-state index contributed by atoms with van der Waals surface area (Å²) in [7, 11) is 0. The van der Waals surface area contributed by atoms with Crippen LogP contribution in [0, 0.1) is 10.1 Å². The van der Waals surface area contributed by atoms with Crippen LogP contribution in [0.1, 0.15) is 21.5 Å². The number of nitrogens with two attached hydrogens (primary N) is 1. The molecule has 0 aliphatic heterocycles. The highest BCUT2D eigenvalue weighted by Gasteiger charge is 2.36. The predicted octanol–water partition coefficient (Wildman–Crippen LogP) is 3.29. The Morgan fingerprint density at radius 3 is 2.29 bits per heavy atom. The van der Waals surface area contributed by atoms with Crippen LogP contribution in [-0.2, 0) is 12.8 Å². The van der Waals surface area contributed by atoms with Crippen LogP contribution in [0.4, 0.5) is 18.9 Å². The number of nitro benzene ring substituents is 1. The maximum atomic E-state index is 13.0. The van der Waals surface area contributed by atoms with E-state index in [1.54, 1.807) is 0 Å². The number of benzene rings is 2. The minimum atomic E-state index is -4.79. The summed E-state index contributed by atoms with van der Waals surface area (Å²) in [6.45, 7) is -0.208. The first-order valence-corrected chi connectivity index (χ1v) is 6.55. The number of nitro groups is 1. The van der Waals surface area contributed by atoms with E-state index in [4.69, 9.17) is 10.5 Å². The molecule has 0 unspecified atom stereocenters. The maximum absolute atomic E-state index is 13.0. The van der Waals surface area contributed by atoms with E-state index in [9.17, 15) is 28.1 Å². The van der Waals surface area contributed by atoms with Crippen molar-refractivity contribution in [3.05, 3.63) is 69.3 Å². The van der Waals surface area contributed by atoms with Crippen molar-refractivity contribution in [2.75, 3.05) is 0 Å². The van der Waals surface area contributed by atoms with E-state index in [-0.39, 0.29) is 12.2 Å². The lowest BCUT2D eigenvalue weighted by atomic mass is 10.1. The second kappa shape index (κ2) is 6.57. The molecular formula is C15H11F3N2O4. The lowest BCUT2D eigenvalue weighted by Crippen LogP contribution is -2.11. The van der Waals surface area contributed by atoms with E-state index in [0.717, 1.165) is 12.1 Å². The maximum Gasteiger partial charge on any atom is 0.420 e. The third-order valence-electron chi connectivity index (χ3n) is 3.11. The average molecular weight is 340 g/mol. The summed E-state index contributed by atoms with van der Waals surface area (Å²) in [4.78, 5) is 20.6. The van der Waals surface area contributed by atoms with Crippen molar-refractivity contribution in [1.82, 2.24) is 0 Å². The molecule has 0 aliphatic rings. The SMILES string of the molecule is NC(=O)c1ccc(COc2ccc([N+](=O)[O-])cc2C(F)(F)F)cc1. The summed E-state index contributed by atoms with van der Waals surface area (Å²) < 4.78 is 44.1. The van der Waals surface area contributed by atoms with Gasteiger partial charge in [0.05, 0.1) is 4.92 Å². The number of hydrogen-bond donors (Lipinski definition) is 1. The summed E-state index contributed by atoms with van der Waals surface area (Å²) in [5, 5.41) is 10.6. The Kier molecular flexibility index (Phi) is 4.72. The smallest absolute Gasteiger partial charge is 0.420 e. The van der Waals surface area contributed by atoms with Gasteiger partial charge in [-0.05, 0) is 23.8 Å². The van der Waals surface area contributed by atoms with Crippen molar-refractivity contribution in [3.8, 4) is 5.75 Å². The molecule has 2 N–H and O–H groups in total. The lowest BCUT2D eigenvalue weighted by molar-refractivity contribution is -0.385. The zero-order chi connectivity index (χ0) is 17.9. The number of rotatable bonds is 5. The minimum absolute atomic E-state index is 0.208. The Bertz CT molecular complexity index is 773. The molecule has 0 saturated carbocycles. The Morgan fingerprint density at radius 2 is 1.79 bits per heavy atom. The Morgan fingerprint density at radius 1 is 1.17 bits per heavy atom.